The summed E-state index contributed by atoms with van der Waals surface area (Å²) in [5, 5.41) is 11.2. The maximum atomic E-state index is 12.1. The van der Waals surface area contributed by atoms with E-state index in [9.17, 15) is 28.1 Å². The summed E-state index contributed by atoms with van der Waals surface area (Å²) in [7, 11) is 0. The first-order valence-corrected chi connectivity index (χ1v) is 5.34. The number of nitro benzene ring substituents is 1. The average molecular weight is 284 g/mol. The SMILES string of the molecule is O=C(/C=C/c1c[nH]c2c([N+](=O)[O-])cccc12)C(F)(F)F. The number of alkyl halides is 3. The van der Waals surface area contributed by atoms with Crippen LogP contribution in [0.2, 0.25) is 0 Å². The number of aromatic nitrogens is 1. The van der Waals surface area contributed by atoms with Crippen molar-refractivity contribution in [3.05, 3.63) is 46.1 Å². The Morgan fingerprint density at radius 1 is 1.35 bits per heavy atom. The first-order valence-electron chi connectivity index (χ1n) is 5.34. The first-order chi connectivity index (χ1) is 9.30. The number of aromatic amines is 1. The second-order valence-corrected chi connectivity index (χ2v) is 3.90. The normalized spacial score (nSPS) is 12.2. The molecule has 5 nitrogen and oxygen atoms in total. The van der Waals surface area contributed by atoms with Gasteiger partial charge in [-0.05, 0) is 12.2 Å². The fourth-order valence-electron chi connectivity index (χ4n) is 1.71. The number of para-hydroxylation sites is 1. The van der Waals surface area contributed by atoms with Crippen LogP contribution < -0.4 is 0 Å². The van der Waals surface area contributed by atoms with E-state index in [1.807, 2.05) is 0 Å². The molecule has 8 heteroatoms. The molecule has 104 valence electrons. The zero-order valence-electron chi connectivity index (χ0n) is 9.77. The van der Waals surface area contributed by atoms with Crippen molar-refractivity contribution in [2.75, 3.05) is 0 Å². The summed E-state index contributed by atoms with van der Waals surface area (Å²) in [5.41, 5.74) is 0.266. The molecule has 0 fully saturated rings. The van der Waals surface area contributed by atoms with Crippen molar-refractivity contribution in [2.45, 2.75) is 6.18 Å². The summed E-state index contributed by atoms with van der Waals surface area (Å²) in [6.07, 6.45) is -2.27. The standard InChI is InChI=1S/C12H7F3N2O3/c13-12(14,15)10(18)5-4-7-6-16-11-8(7)2-1-3-9(11)17(19)20/h1-6,16H/b5-4+. The number of carbonyl (C=O) groups is 1. The van der Waals surface area contributed by atoms with Gasteiger partial charge in [0, 0.05) is 23.2 Å². The fourth-order valence-corrected chi connectivity index (χ4v) is 1.71. The number of non-ortho nitro benzene ring substituents is 1. The van der Waals surface area contributed by atoms with Crippen molar-refractivity contribution in [3.8, 4) is 0 Å². The van der Waals surface area contributed by atoms with Crippen LogP contribution in [0.3, 0.4) is 0 Å². The molecule has 1 aromatic carbocycles. The molecule has 2 rings (SSSR count). The number of fused-ring (bicyclic) bond motifs is 1. The highest BCUT2D eigenvalue weighted by atomic mass is 19.4. The molecule has 0 atom stereocenters. The quantitative estimate of drug-likeness (QED) is 0.534. The third-order valence-electron chi connectivity index (χ3n) is 2.62. The lowest BCUT2D eigenvalue weighted by atomic mass is 10.1. The maximum absolute atomic E-state index is 12.1. The number of halogens is 3. The van der Waals surface area contributed by atoms with E-state index in [0.29, 0.717) is 11.5 Å². The van der Waals surface area contributed by atoms with Gasteiger partial charge >= 0.3 is 6.18 Å². The van der Waals surface area contributed by atoms with Gasteiger partial charge in [0.05, 0.1) is 4.92 Å². The van der Waals surface area contributed by atoms with Crippen LogP contribution in [0.15, 0.2) is 30.5 Å². The summed E-state index contributed by atoms with van der Waals surface area (Å²) in [5.74, 6) is -1.99. The van der Waals surface area contributed by atoms with Crippen molar-refractivity contribution >= 4 is 28.4 Å². The highest BCUT2D eigenvalue weighted by Gasteiger charge is 2.36. The van der Waals surface area contributed by atoms with Crippen molar-refractivity contribution in [2.24, 2.45) is 0 Å². The van der Waals surface area contributed by atoms with Crippen LogP contribution in [0.1, 0.15) is 5.56 Å². The second-order valence-electron chi connectivity index (χ2n) is 3.90. The fraction of sp³-hybridized carbons (Fsp3) is 0.0833. The number of nitrogens with one attached hydrogen (secondary N) is 1. The summed E-state index contributed by atoms with van der Waals surface area (Å²) in [4.78, 5) is 23.5. The monoisotopic (exact) mass is 284 g/mol. The van der Waals surface area contributed by atoms with Gasteiger partial charge in [-0.25, -0.2) is 0 Å². The summed E-state index contributed by atoms with van der Waals surface area (Å²) in [6.45, 7) is 0. The molecular weight excluding hydrogens is 277 g/mol. The number of rotatable bonds is 3. The second kappa shape index (κ2) is 4.80. The molecule has 0 amide bonds. The molecule has 0 saturated heterocycles. The molecule has 0 bridgehead atoms. The minimum atomic E-state index is -4.94. The zero-order valence-corrected chi connectivity index (χ0v) is 9.77. The van der Waals surface area contributed by atoms with E-state index in [1.54, 1.807) is 0 Å². The first kappa shape index (κ1) is 13.8. The van der Waals surface area contributed by atoms with Gasteiger partial charge in [-0.3, -0.25) is 14.9 Å². The number of hydrogen-bond donors (Lipinski definition) is 1. The van der Waals surface area contributed by atoms with Gasteiger partial charge in [0.1, 0.15) is 5.52 Å². The lowest BCUT2D eigenvalue weighted by Crippen LogP contribution is -2.19. The topological polar surface area (TPSA) is 76.0 Å². The van der Waals surface area contributed by atoms with Crippen LogP contribution in [0.25, 0.3) is 17.0 Å². The number of H-pyrrole nitrogens is 1. The van der Waals surface area contributed by atoms with Gasteiger partial charge < -0.3 is 4.98 Å². The predicted molar refractivity (Wildman–Crippen MR) is 65.0 cm³/mol. The summed E-state index contributed by atoms with van der Waals surface area (Å²) < 4.78 is 36.2. The van der Waals surface area contributed by atoms with E-state index in [1.165, 1.54) is 24.4 Å². The molecule has 20 heavy (non-hydrogen) atoms. The zero-order chi connectivity index (χ0) is 14.9. The molecule has 2 aromatic rings. The summed E-state index contributed by atoms with van der Waals surface area (Å²) in [6, 6.07) is 4.20. The van der Waals surface area contributed by atoms with E-state index in [4.69, 9.17) is 0 Å². The van der Waals surface area contributed by atoms with E-state index >= 15 is 0 Å². The van der Waals surface area contributed by atoms with Crippen LogP contribution in [-0.4, -0.2) is 21.9 Å². The van der Waals surface area contributed by atoms with Crippen molar-refractivity contribution in [1.29, 1.82) is 0 Å². The van der Waals surface area contributed by atoms with Crippen LogP contribution in [-0.2, 0) is 4.79 Å². The lowest BCUT2D eigenvalue weighted by molar-refractivity contribution is -0.383. The van der Waals surface area contributed by atoms with E-state index in [0.717, 1.165) is 6.08 Å². The third kappa shape index (κ3) is 2.53. The minimum absolute atomic E-state index is 0.190. The predicted octanol–water partition coefficient (Wildman–Crippen LogP) is 3.22. The Kier molecular flexibility index (Phi) is 3.31. The molecule has 0 aliphatic carbocycles. The molecule has 1 heterocycles. The Bertz CT molecular complexity index is 716. The van der Waals surface area contributed by atoms with Gasteiger partial charge in [0.15, 0.2) is 0 Å². The molecule has 1 aromatic heterocycles. The molecule has 0 aliphatic rings. The third-order valence-corrected chi connectivity index (χ3v) is 2.62. The van der Waals surface area contributed by atoms with Crippen molar-refractivity contribution in [3.63, 3.8) is 0 Å². The van der Waals surface area contributed by atoms with Crippen LogP contribution in [0, 0.1) is 10.1 Å². The molecule has 0 saturated carbocycles. The molecular formula is C12H7F3N2O3. The van der Waals surface area contributed by atoms with Gasteiger partial charge in [-0.2, -0.15) is 13.2 Å². The van der Waals surface area contributed by atoms with E-state index in [-0.39, 0.29) is 16.8 Å². The van der Waals surface area contributed by atoms with E-state index < -0.39 is 16.9 Å². The Morgan fingerprint density at radius 3 is 2.65 bits per heavy atom. The minimum Gasteiger partial charge on any atom is -0.355 e. The maximum Gasteiger partial charge on any atom is 0.454 e. The van der Waals surface area contributed by atoms with Gasteiger partial charge in [-0.15, -0.1) is 0 Å². The number of allylic oxidation sites excluding steroid dienone is 1. The van der Waals surface area contributed by atoms with Crippen molar-refractivity contribution < 1.29 is 22.9 Å². The van der Waals surface area contributed by atoms with Crippen LogP contribution in [0.5, 0.6) is 0 Å². The largest absolute Gasteiger partial charge is 0.454 e. The number of hydrogen-bond acceptors (Lipinski definition) is 3. The molecule has 0 radical (unpaired) electrons. The van der Waals surface area contributed by atoms with E-state index in [2.05, 4.69) is 4.98 Å². The van der Waals surface area contributed by atoms with Crippen molar-refractivity contribution in [1.82, 2.24) is 4.98 Å². The number of ketones is 1. The van der Waals surface area contributed by atoms with Crippen LogP contribution >= 0.6 is 0 Å². The molecule has 0 spiro atoms. The smallest absolute Gasteiger partial charge is 0.355 e. The van der Waals surface area contributed by atoms with Gasteiger partial charge in [0.2, 0.25) is 0 Å². The number of carbonyl (C=O) groups excluding carboxylic acids is 1. The number of nitro groups is 1. The summed E-state index contributed by atoms with van der Waals surface area (Å²) >= 11 is 0. The highest BCUT2D eigenvalue weighted by Crippen LogP contribution is 2.28. The van der Waals surface area contributed by atoms with Gasteiger partial charge in [-0.1, -0.05) is 12.1 Å². The molecule has 1 N–H and O–H groups in total. The Balaban J connectivity index is 2.43. The highest BCUT2D eigenvalue weighted by molar-refractivity contribution is 6.01. The molecule has 0 aliphatic heterocycles. The number of benzene rings is 1. The van der Waals surface area contributed by atoms with Crippen LogP contribution in [0.4, 0.5) is 18.9 Å². The average Bonchev–Trinajstić information content (AvgIpc) is 2.77. The molecule has 0 unspecified atom stereocenters. The Labute approximate surface area is 109 Å². The van der Waals surface area contributed by atoms with Gasteiger partial charge in [0.25, 0.3) is 11.5 Å². The Morgan fingerprint density at radius 2 is 2.05 bits per heavy atom. The number of nitrogens with zero attached hydrogens (tertiary/aromatic N) is 1. The lowest BCUT2D eigenvalue weighted by Gasteiger charge is -1.99. The Hall–Kier alpha value is -2.64.